The van der Waals surface area contributed by atoms with Gasteiger partial charge in [-0.15, -0.1) is 0 Å². The third kappa shape index (κ3) is 4.15. The molecule has 0 unspecified atom stereocenters. The van der Waals surface area contributed by atoms with Gasteiger partial charge in [0.2, 0.25) is 5.95 Å². The number of nitrogens with one attached hydrogen (secondary N) is 2. The van der Waals surface area contributed by atoms with Gasteiger partial charge in [0.05, 0.1) is 47.4 Å². The van der Waals surface area contributed by atoms with Gasteiger partial charge in [0.25, 0.3) is 0 Å². The fourth-order valence-electron chi connectivity index (χ4n) is 3.79. The number of ether oxygens (including phenoxy) is 2. The zero-order valence-electron chi connectivity index (χ0n) is 18.6. The van der Waals surface area contributed by atoms with Crippen LogP contribution < -0.4 is 15.4 Å². The van der Waals surface area contributed by atoms with E-state index in [0.717, 1.165) is 23.4 Å². The Kier molecular flexibility index (Phi) is 5.83. The first-order valence-electron chi connectivity index (χ1n) is 10.2. The summed E-state index contributed by atoms with van der Waals surface area (Å²) in [5.41, 5.74) is 4.59. The van der Waals surface area contributed by atoms with Crippen molar-refractivity contribution in [2.24, 2.45) is 0 Å². The highest BCUT2D eigenvalue weighted by Gasteiger charge is 2.32. The van der Waals surface area contributed by atoms with Gasteiger partial charge in [-0.3, -0.25) is 0 Å². The molecule has 0 fully saturated rings. The van der Waals surface area contributed by atoms with Gasteiger partial charge in [-0.1, -0.05) is 25.4 Å². The number of carbonyl (C=O) groups is 1. The van der Waals surface area contributed by atoms with Crippen molar-refractivity contribution in [3.8, 4) is 23.1 Å². The van der Waals surface area contributed by atoms with Crippen LogP contribution in [0.3, 0.4) is 0 Å². The molecule has 0 radical (unpaired) electrons. The standard InChI is InChI=1S/C24H22ClN5O3/c1-24(2)12-28-21-14(11-26)7-13(8-16(21)24)18-5-6-27-23(29-18)30-19-10-17(25)15(22(31)33-4)9-20(19)32-3/h5-10,28H,12H2,1-4H3,(H,27,29,30). The first-order chi connectivity index (χ1) is 15.8. The topological polar surface area (TPSA) is 109 Å². The second kappa shape index (κ2) is 8.60. The molecule has 2 heterocycles. The highest BCUT2D eigenvalue weighted by atomic mass is 35.5. The number of hydrogen-bond acceptors (Lipinski definition) is 8. The van der Waals surface area contributed by atoms with E-state index in [1.54, 1.807) is 18.3 Å². The van der Waals surface area contributed by atoms with Gasteiger partial charge >= 0.3 is 5.97 Å². The average molecular weight is 464 g/mol. The van der Waals surface area contributed by atoms with Crippen LogP contribution in [0.2, 0.25) is 5.02 Å². The monoisotopic (exact) mass is 463 g/mol. The molecule has 3 aromatic rings. The largest absolute Gasteiger partial charge is 0.495 e. The summed E-state index contributed by atoms with van der Waals surface area (Å²) in [6, 6.07) is 11.0. The molecule has 1 aromatic heterocycles. The normalized spacial score (nSPS) is 13.5. The van der Waals surface area contributed by atoms with Crippen LogP contribution in [0, 0.1) is 11.3 Å². The first-order valence-corrected chi connectivity index (χ1v) is 10.5. The fourth-order valence-corrected chi connectivity index (χ4v) is 4.03. The second-order valence-electron chi connectivity index (χ2n) is 8.21. The van der Waals surface area contributed by atoms with E-state index in [4.69, 9.17) is 21.1 Å². The van der Waals surface area contributed by atoms with Gasteiger partial charge < -0.3 is 20.1 Å². The lowest BCUT2D eigenvalue weighted by Crippen LogP contribution is -2.18. The molecule has 9 heteroatoms. The van der Waals surface area contributed by atoms with Gasteiger partial charge in [-0.25, -0.2) is 14.8 Å². The Morgan fingerprint density at radius 1 is 1.27 bits per heavy atom. The van der Waals surface area contributed by atoms with E-state index in [0.29, 0.717) is 28.6 Å². The van der Waals surface area contributed by atoms with E-state index in [1.807, 2.05) is 6.07 Å². The van der Waals surface area contributed by atoms with Gasteiger partial charge in [0, 0.05) is 23.7 Å². The third-order valence-electron chi connectivity index (χ3n) is 5.59. The minimum atomic E-state index is -0.564. The maximum Gasteiger partial charge on any atom is 0.339 e. The number of methoxy groups -OCH3 is 2. The summed E-state index contributed by atoms with van der Waals surface area (Å²) in [5, 5.41) is 16.3. The van der Waals surface area contributed by atoms with Crippen molar-refractivity contribution in [1.29, 1.82) is 5.26 Å². The number of halogens is 1. The van der Waals surface area contributed by atoms with Crippen molar-refractivity contribution in [2.75, 3.05) is 31.4 Å². The van der Waals surface area contributed by atoms with E-state index < -0.39 is 5.97 Å². The summed E-state index contributed by atoms with van der Waals surface area (Å²) in [6.07, 6.45) is 1.63. The molecule has 4 rings (SSSR count). The lowest BCUT2D eigenvalue weighted by Gasteiger charge is -2.18. The quantitative estimate of drug-likeness (QED) is 0.513. The maximum absolute atomic E-state index is 11.9. The van der Waals surface area contributed by atoms with E-state index in [2.05, 4.69) is 46.6 Å². The average Bonchev–Trinajstić information content (AvgIpc) is 3.13. The Morgan fingerprint density at radius 2 is 2.06 bits per heavy atom. The number of carbonyl (C=O) groups excluding carboxylic acids is 1. The molecule has 168 valence electrons. The van der Waals surface area contributed by atoms with E-state index >= 15 is 0 Å². The summed E-state index contributed by atoms with van der Waals surface area (Å²) < 4.78 is 10.2. The summed E-state index contributed by atoms with van der Waals surface area (Å²) in [7, 11) is 2.76. The van der Waals surface area contributed by atoms with Gasteiger partial charge in [-0.2, -0.15) is 5.26 Å². The Morgan fingerprint density at radius 3 is 2.76 bits per heavy atom. The van der Waals surface area contributed by atoms with Crippen LogP contribution in [-0.4, -0.2) is 36.7 Å². The molecule has 0 bridgehead atoms. The molecule has 0 atom stereocenters. The zero-order chi connectivity index (χ0) is 23.8. The summed E-state index contributed by atoms with van der Waals surface area (Å²) in [4.78, 5) is 20.8. The minimum Gasteiger partial charge on any atom is -0.495 e. The van der Waals surface area contributed by atoms with Crippen LogP contribution in [0.15, 0.2) is 36.5 Å². The van der Waals surface area contributed by atoms with E-state index in [-0.39, 0.29) is 16.0 Å². The number of fused-ring (bicyclic) bond motifs is 1. The Balaban J connectivity index is 1.72. The smallest absolute Gasteiger partial charge is 0.339 e. The van der Waals surface area contributed by atoms with Crippen LogP contribution >= 0.6 is 11.6 Å². The SMILES string of the molecule is COC(=O)c1cc(OC)c(Nc2nccc(-c3cc(C#N)c4c(c3)C(C)(C)CN4)n2)cc1Cl. The lowest BCUT2D eigenvalue weighted by molar-refractivity contribution is 0.0600. The summed E-state index contributed by atoms with van der Waals surface area (Å²) in [6.45, 7) is 5.04. The van der Waals surface area contributed by atoms with Crippen LogP contribution in [0.5, 0.6) is 5.75 Å². The number of hydrogen-bond donors (Lipinski definition) is 2. The molecule has 33 heavy (non-hydrogen) atoms. The molecule has 0 amide bonds. The van der Waals surface area contributed by atoms with Crippen molar-refractivity contribution in [3.05, 3.63) is 58.2 Å². The molecule has 1 aliphatic rings. The van der Waals surface area contributed by atoms with Crippen molar-refractivity contribution >= 4 is 34.9 Å². The maximum atomic E-state index is 11.9. The van der Waals surface area contributed by atoms with Crippen LogP contribution in [0.25, 0.3) is 11.3 Å². The Bertz CT molecular complexity index is 1300. The molecule has 0 spiro atoms. The van der Waals surface area contributed by atoms with Gasteiger partial charge in [0.15, 0.2) is 0 Å². The predicted molar refractivity (Wildman–Crippen MR) is 126 cm³/mol. The molecule has 1 aliphatic heterocycles. The molecule has 2 N–H and O–H groups in total. The molecule has 8 nitrogen and oxygen atoms in total. The summed E-state index contributed by atoms with van der Waals surface area (Å²) >= 11 is 6.27. The van der Waals surface area contributed by atoms with Crippen molar-refractivity contribution < 1.29 is 14.3 Å². The number of nitrogens with zero attached hydrogens (tertiary/aromatic N) is 3. The molecule has 0 saturated carbocycles. The van der Waals surface area contributed by atoms with Crippen LogP contribution in [-0.2, 0) is 10.2 Å². The number of aromatic nitrogens is 2. The zero-order valence-corrected chi connectivity index (χ0v) is 19.4. The van der Waals surface area contributed by atoms with Crippen LogP contribution in [0.4, 0.5) is 17.3 Å². The Labute approximate surface area is 196 Å². The van der Waals surface area contributed by atoms with E-state index in [1.165, 1.54) is 20.3 Å². The molecule has 0 aliphatic carbocycles. The lowest BCUT2D eigenvalue weighted by atomic mass is 9.85. The second-order valence-corrected chi connectivity index (χ2v) is 8.62. The number of esters is 1. The minimum absolute atomic E-state index is 0.101. The molecular weight excluding hydrogens is 442 g/mol. The predicted octanol–water partition coefficient (Wildman–Crippen LogP) is 4.91. The number of nitriles is 1. The molecule has 0 saturated heterocycles. The number of anilines is 3. The first kappa shape index (κ1) is 22.4. The van der Waals surface area contributed by atoms with Gasteiger partial charge in [0.1, 0.15) is 11.8 Å². The summed E-state index contributed by atoms with van der Waals surface area (Å²) in [5.74, 6) is 0.125. The van der Waals surface area contributed by atoms with Crippen LogP contribution in [0.1, 0.15) is 35.3 Å². The van der Waals surface area contributed by atoms with Crippen molar-refractivity contribution in [1.82, 2.24) is 9.97 Å². The highest BCUT2D eigenvalue weighted by molar-refractivity contribution is 6.34. The van der Waals surface area contributed by atoms with Gasteiger partial charge in [-0.05, 0) is 35.9 Å². The van der Waals surface area contributed by atoms with E-state index in [9.17, 15) is 10.1 Å². The number of benzene rings is 2. The Hall–Kier alpha value is -3.83. The highest BCUT2D eigenvalue weighted by Crippen LogP contribution is 2.41. The van der Waals surface area contributed by atoms with Crippen molar-refractivity contribution in [3.63, 3.8) is 0 Å². The fraction of sp³-hybridized carbons (Fsp3) is 0.250. The molecular formula is C24H22ClN5O3. The number of rotatable bonds is 5. The van der Waals surface area contributed by atoms with Crippen molar-refractivity contribution in [2.45, 2.75) is 19.3 Å². The molecule has 2 aromatic carbocycles. The third-order valence-corrected chi connectivity index (χ3v) is 5.90.